The molecule has 0 amide bonds. The summed E-state index contributed by atoms with van der Waals surface area (Å²) in [6, 6.07) is 0. The first-order valence-corrected chi connectivity index (χ1v) is 3.00. The third-order valence-electron chi connectivity index (χ3n) is 0.427. The normalized spacial score (nSPS) is 14.0. The van der Waals surface area contributed by atoms with Crippen molar-refractivity contribution in [3.05, 3.63) is 0 Å². The zero-order valence-corrected chi connectivity index (χ0v) is 6.70. The zero-order chi connectivity index (χ0) is 7.71. The molecule has 0 aromatic rings. The van der Waals surface area contributed by atoms with E-state index in [2.05, 4.69) is 16.2 Å². The molecule has 0 atom stereocenters. The molecule has 0 rings (SSSR count). The summed E-state index contributed by atoms with van der Waals surface area (Å²) in [6.07, 6.45) is -3.96. The van der Waals surface area contributed by atoms with Crippen LogP contribution in [0.25, 0.3) is 0 Å². The Bertz CT molecular complexity index is 99.2. The highest BCUT2D eigenvalue weighted by atomic mass is 35.6. The molecule has 0 aliphatic heterocycles. The monoisotopic (exact) mass is 218 g/mol. The van der Waals surface area contributed by atoms with Gasteiger partial charge in [-0.05, 0) is 0 Å². The predicted molar refractivity (Wildman–Crippen MR) is 32.2 cm³/mol. The van der Waals surface area contributed by atoms with Crippen molar-refractivity contribution >= 4 is 46.7 Å². The highest BCUT2D eigenvalue weighted by Crippen LogP contribution is 2.43. The molecule has 0 bridgehead atoms. The van der Waals surface area contributed by atoms with Crippen LogP contribution >= 0.6 is 46.7 Å². The van der Waals surface area contributed by atoms with Crippen molar-refractivity contribution in [1.82, 2.24) is 0 Å². The summed E-state index contributed by atoms with van der Waals surface area (Å²) in [4.78, 5) is 0. The molecule has 7 heteroatoms. The van der Waals surface area contributed by atoms with Crippen LogP contribution in [0.5, 0.6) is 0 Å². The molecular weight excluding hydrogens is 220 g/mol. The fourth-order valence-electron chi connectivity index (χ4n) is 0.0437. The molecule has 0 fully saturated rings. The Morgan fingerprint density at radius 2 is 1.44 bits per heavy atom. The number of rotatable bonds is 1. The van der Waals surface area contributed by atoms with Crippen molar-refractivity contribution in [2.24, 2.45) is 0 Å². The zero-order valence-electron chi connectivity index (χ0n) is 3.68. The lowest BCUT2D eigenvalue weighted by molar-refractivity contribution is -0.168. The second-order valence-electron chi connectivity index (χ2n) is 1.09. The molecular formula is C2Cl4F2O. The summed E-state index contributed by atoms with van der Waals surface area (Å²) < 4.78 is 24.0. The van der Waals surface area contributed by atoms with Gasteiger partial charge in [0.05, 0.1) is 11.9 Å². The number of alkyl halides is 5. The Kier molecular flexibility index (Phi) is 3.24. The maximum Gasteiger partial charge on any atom is 0.417 e. The highest BCUT2D eigenvalue weighted by molar-refractivity contribution is 6.68. The van der Waals surface area contributed by atoms with Gasteiger partial charge in [-0.1, -0.05) is 34.8 Å². The fraction of sp³-hybridized carbons (Fsp3) is 1.00. The van der Waals surface area contributed by atoms with E-state index < -0.39 is 9.90 Å². The van der Waals surface area contributed by atoms with Gasteiger partial charge in [-0.25, -0.2) is 4.29 Å². The smallest absolute Gasteiger partial charge is 0.205 e. The number of halogens is 6. The van der Waals surface area contributed by atoms with E-state index in [0.29, 0.717) is 0 Å². The fourth-order valence-corrected chi connectivity index (χ4v) is 0.394. The van der Waals surface area contributed by atoms with Crippen LogP contribution in [-0.4, -0.2) is 9.90 Å². The van der Waals surface area contributed by atoms with Gasteiger partial charge >= 0.3 is 6.11 Å². The molecule has 0 saturated heterocycles. The first kappa shape index (κ1) is 9.98. The molecule has 0 unspecified atom stereocenters. The van der Waals surface area contributed by atoms with E-state index in [-0.39, 0.29) is 0 Å². The molecule has 1 nitrogen and oxygen atoms in total. The van der Waals surface area contributed by atoms with Gasteiger partial charge in [0.25, 0.3) is 3.79 Å². The largest absolute Gasteiger partial charge is 0.417 e. The molecule has 0 saturated carbocycles. The van der Waals surface area contributed by atoms with Crippen LogP contribution in [0.15, 0.2) is 0 Å². The Hall–Kier alpha value is 0.980. The first-order valence-electron chi connectivity index (χ1n) is 1.55. The van der Waals surface area contributed by atoms with Crippen LogP contribution in [0.1, 0.15) is 0 Å². The van der Waals surface area contributed by atoms with Gasteiger partial charge in [-0.2, -0.15) is 8.78 Å². The van der Waals surface area contributed by atoms with Crippen LogP contribution in [0.4, 0.5) is 8.78 Å². The van der Waals surface area contributed by atoms with E-state index in [4.69, 9.17) is 34.8 Å². The quantitative estimate of drug-likeness (QED) is 0.616. The van der Waals surface area contributed by atoms with Crippen LogP contribution in [0.2, 0.25) is 0 Å². The van der Waals surface area contributed by atoms with Gasteiger partial charge in [-0.15, -0.1) is 0 Å². The Balaban J connectivity index is 4.14. The van der Waals surface area contributed by atoms with Crippen molar-refractivity contribution in [2.45, 2.75) is 9.90 Å². The van der Waals surface area contributed by atoms with Crippen molar-refractivity contribution in [3.8, 4) is 0 Å². The van der Waals surface area contributed by atoms with E-state index in [1.54, 1.807) is 0 Å². The lowest BCUT2D eigenvalue weighted by atomic mass is 10.7. The Morgan fingerprint density at radius 3 is 1.44 bits per heavy atom. The standard InChI is InChI=1S/C2Cl4F2O/c3-1(4,5)2(7,8)9-6. The van der Waals surface area contributed by atoms with Crippen molar-refractivity contribution in [1.29, 1.82) is 0 Å². The Labute approximate surface area is 69.9 Å². The highest BCUT2D eigenvalue weighted by Gasteiger charge is 2.52. The first-order chi connectivity index (χ1) is 3.81. The molecule has 0 aromatic carbocycles. The van der Waals surface area contributed by atoms with Crippen molar-refractivity contribution in [2.75, 3.05) is 0 Å². The van der Waals surface area contributed by atoms with Crippen molar-refractivity contribution in [3.63, 3.8) is 0 Å². The second-order valence-corrected chi connectivity index (χ2v) is 3.53. The minimum Gasteiger partial charge on any atom is -0.205 e. The summed E-state index contributed by atoms with van der Waals surface area (Å²) in [7, 11) is 0. The number of hydrogen-bond acceptors (Lipinski definition) is 1. The SMILES string of the molecule is FC(F)(OCl)C(Cl)(Cl)Cl. The van der Waals surface area contributed by atoms with E-state index in [9.17, 15) is 8.78 Å². The summed E-state index contributed by atoms with van der Waals surface area (Å²) in [6.45, 7) is 0. The average Bonchev–Trinajstić information content (AvgIpc) is 1.64. The average molecular weight is 220 g/mol. The van der Waals surface area contributed by atoms with Crippen LogP contribution in [0.3, 0.4) is 0 Å². The lowest BCUT2D eigenvalue weighted by Crippen LogP contribution is -2.33. The molecule has 56 valence electrons. The minimum absolute atomic E-state index is 2.82. The van der Waals surface area contributed by atoms with Gasteiger partial charge < -0.3 is 0 Å². The van der Waals surface area contributed by atoms with E-state index in [1.165, 1.54) is 0 Å². The summed E-state index contributed by atoms with van der Waals surface area (Å²) >= 11 is 18.4. The van der Waals surface area contributed by atoms with Crippen LogP contribution in [0, 0.1) is 0 Å². The van der Waals surface area contributed by atoms with E-state index >= 15 is 0 Å². The minimum atomic E-state index is -3.96. The van der Waals surface area contributed by atoms with Gasteiger partial charge in [0, 0.05) is 0 Å². The molecule has 0 N–H and O–H groups in total. The summed E-state index contributed by atoms with van der Waals surface area (Å²) in [5.74, 6) is 0. The molecule has 0 heterocycles. The summed E-state index contributed by atoms with van der Waals surface area (Å²) in [5.41, 5.74) is 0. The maximum absolute atomic E-state index is 11.9. The van der Waals surface area contributed by atoms with Crippen molar-refractivity contribution < 1.29 is 13.1 Å². The summed E-state index contributed by atoms with van der Waals surface area (Å²) in [5, 5.41) is 0. The third-order valence-corrected chi connectivity index (χ3v) is 1.28. The number of hydrogen-bond donors (Lipinski definition) is 0. The maximum atomic E-state index is 11.9. The molecule has 0 radical (unpaired) electrons. The van der Waals surface area contributed by atoms with E-state index in [0.717, 1.165) is 0 Å². The molecule has 0 aliphatic rings. The van der Waals surface area contributed by atoms with Gasteiger partial charge in [0.15, 0.2) is 0 Å². The topological polar surface area (TPSA) is 9.23 Å². The van der Waals surface area contributed by atoms with Gasteiger partial charge in [-0.3, -0.25) is 0 Å². The van der Waals surface area contributed by atoms with Gasteiger partial charge in [0.2, 0.25) is 0 Å². The van der Waals surface area contributed by atoms with Crippen LogP contribution < -0.4 is 0 Å². The molecule has 0 aromatic heterocycles. The third kappa shape index (κ3) is 2.60. The second kappa shape index (κ2) is 2.93. The predicted octanol–water partition coefficient (Wildman–Crippen LogP) is 3.12. The van der Waals surface area contributed by atoms with E-state index in [1.807, 2.05) is 0 Å². The molecule has 0 aliphatic carbocycles. The van der Waals surface area contributed by atoms with Crippen LogP contribution in [-0.2, 0) is 4.29 Å². The Morgan fingerprint density at radius 1 is 1.11 bits per heavy atom. The lowest BCUT2D eigenvalue weighted by Gasteiger charge is -2.18. The van der Waals surface area contributed by atoms with Gasteiger partial charge in [0.1, 0.15) is 0 Å². The molecule has 9 heavy (non-hydrogen) atoms. The molecule has 0 spiro atoms.